The highest BCUT2D eigenvalue weighted by atomic mass is 16.2. The number of benzene rings is 1. The number of rotatable bonds is 7. The van der Waals surface area contributed by atoms with Gasteiger partial charge in [-0.15, -0.1) is 0 Å². The summed E-state index contributed by atoms with van der Waals surface area (Å²) in [6.07, 6.45) is 0.379. The minimum Gasteiger partial charge on any atom is -0.354 e. The van der Waals surface area contributed by atoms with Gasteiger partial charge >= 0.3 is 0 Å². The van der Waals surface area contributed by atoms with Crippen LogP contribution in [0.1, 0.15) is 31.9 Å². The van der Waals surface area contributed by atoms with E-state index in [9.17, 15) is 9.59 Å². The smallest absolute Gasteiger partial charge is 0.224 e. The van der Waals surface area contributed by atoms with Crippen molar-refractivity contribution in [2.45, 2.75) is 34.1 Å². The monoisotopic (exact) mass is 290 g/mol. The fourth-order valence-corrected chi connectivity index (χ4v) is 2.10. The molecule has 4 heteroatoms. The second kappa shape index (κ2) is 8.45. The van der Waals surface area contributed by atoms with Crippen molar-refractivity contribution in [3.05, 3.63) is 35.4 Å². The van der Waals surface area contributed by atoms with E-state index in [2.05, 4.69) is 19.2 Å². The number of aryl methyl sites for hydroxylation is 1. The van der Waals surface area contributed by atoms with E-state index in [1.807, 2.05) is 31.2 Å². The maximum atomic E-state index is 11.9. The summed E-state index contributed by atoms with van der Waals surface area (Å²) in [4.78, 5) is 25.1. The molecule has 1 aromatic carbocycles. The summed E-state index contributed by atoms with van der Waals surface area (Å²) in [5.41, 5.74) is 2.19. The fraction of sp³-hybridized carbons (Fsp3) is 0.529. The molecule has 1 aromatic rings. The number of carbonyl (C=O) groups excluding carboxylic acids is 2. The minimum absolute atomic E-state index is 0.00750. The zero-order valence-electron chi connectivity index (χ0n) is 13.5. The Labute approximate surface area is 127 Å². The van der Waals surface area contributed by atoms with Crippen LogP contribution in [0.4, 0.5) is 0 Å². The first-order chi connectivity index (χ1) is 9.88. The van der Waals surface area contributed by atoms with Crippen LogP contribution in [0.2, 0.25) is 0 Å². The van der Waals surface area contributed by atoms with Crippen LogP contribution in [0.3, 0.4) is 0 Å². The quantitative estimate of drug-likeness (QED) is 0.836. The number of nitrogens with zero attached hydrogens (tertiary/aromatic N) is 1. The molecule has 0 saturated heterocycles. The molecule has 0 aromatic heterocycles. The van der Waals surface area contributed by atoms with Gasteiger partial charge in [0, 0.05) is 26.6 Å². The largest absolute Gasteiger partial charge is 0.354 e. The molecular weight excluding hydrogens is 264 g/mol. The lowest BCUT2D eigenvalue weighted by molar-refractivity contribution is -0.130. The molecule has 0 aliphatic rings. The topological polar surface area (TPSA) is 49.4 Å². The molecule has 4 nitrogen and oxygen atoms in total. The summed E-state index contributed by atoms with van der Waals surface area (Å²) >= 11 is 0. The van der Waals surface area contributed by atoms with E-state index in [4.69, 9.17) is 0 Å². The maximum Gasteiger partial charge on any atom is 0.224 e. The van der Waals surface area contributed by atoms with Crippen molar-refractivity contribution in [1.82, 2.24) is 10.2 Å². The molecule has 0 heterocycles. The molecule has 0 aliphatic carbocycles. The molecule has 116 valence electrons. The molecule has 0 radical (unpaired) electrons. The van der Waals surface area contributed by atoms with Crippen LogP contribution in [-0.4, -0.2) is 36.3 Å². The average molecular weight is 290 g/mol. The van der Waals surface area contributed by atoms with E-state index in [1.54, 1.807) is 11.8 Å². The molecule has 1 N–H and O–H groups in total. The lowest BCUT2D eigenvalue weighted by atomic mass is 10.1. The average Bonchev–Trinajstić information content (AvgIpc) is 2.39. The van der Waals surface area contributed by atoms with Gasteiger partial charge < -0.3 is 10.2 Å². The van der Waals surface area contributed by atoms with Crippen LogP contribution in [0.15, 0.2) is 24.3 Å². The zero-order chi connectivity index (χ0) is 15.8. The highest BCUT2D eigenvalue weighted by Gasteiger charge is 2.10. The van der Waals surface area contributed by atoms with Gasteiger partial charge in [0.1, 0.15) is 0 Å². The first-order valence-electron chi connectivity index (χ1n) is 7.46. The Balaban J connectivity index is 2.35. The van der Waals surface area contributed by atoms with Crippen molar-refractivity contribution in [3.63, 3.8) is 0 Å². The van der Waals surface area contributed by atoms with Gasteiger partial charge in [0.15, 0.2) is 0 Å². The standard InChI is InChI=1S/C17H26N2O2/c1-13(2)12-19(15(4)20)10-9-18-17(21)11-16-7-5-14(3)6-8-16/h5-8,13H,9-12H2,1-4H3,(H,18,21). The van der Waals surface area contributed by atoms with Crippen LogP contribution >= 0.6 is 0 Å². The SMILES string of the molecule is CC(=O)N(CCNC(=O)Cc1ccc(C)cc1)CC(C)C. The summed E-state index contributed by atoms with van der Waals surface area (Å²) in [6, 6.07) is 7.94. The van der Waals surface area contributed by atoms with Crippen molar-refractivity contribution in [3.8, 4) is 0 Å². The molecule has 2 amide bonds. The van der Waals surface area contributed by atoms with Crippen molar-refractivity contribution in [1.29, 1.82) is 0 Å². The van der Waals surface area contributed by atoms with Gasteiger partial charge in [-0.05, 0) is 18.4 Å². The number of carbonyl (C=O) groups is 2. The second-order valence-corrected chi connectivity index (χ2v) is 5.87. The molecule has 0 saturated carbocycles. The third-order valence-electron chi connectivity index (χ3n) is 3.22. The second-order valence-electron chi connectivity index (χ2n) is 5.87. The number of amides is 2. The molecule has 0 unspecified atom stereocenters. The summed E-state index contributed by atoms with van der Waals surface area (Å²) in [7, 11) is 0. The first-order valence-corrected chi connectivity index (χ1v) is 7.46. The van der Waals surface area contributed by atoms with Crippen LogP contribution in [0, 0.1) is 12.8 Å². The molecule has 0 aliphatic heterocycles. The van der Waals surface area contributed by atoms with Gasteiger partial charge in [-0.3, -0.25) is 9.59 Å². The lowest BCUT2D eigenvalue weighted by Crippen LogP contribution is -2.39. The molecule has 0 spiro atoms. The van der Waals surface area contributed by atoms with Crippen molar-refractivity contribution in [2.75, 3.05) is 19.6 Å². The summed E-state index contributed by atoms with van der Waals surface area (Å²) in [5, 5.41) is 2.87. The molecule has 0 atom stereocenters. The Morgan fingerprint density at radius 3 is 2.33 bits per heavy atom. The summed E-state index contributed by atoms with van der Waals surface area (Å²) in [5.74, 6) is 0.473. The minimum atomic E-state index is -0.00750. The summed E-state index contributed by atoms with van der Waals surface area (Å²) < 4.78 is 0. The van der Waals surface area contributed by atoms with E-state index < -0.39 is 0 Å². The molecule has 0 fully saturated rings. The van der Waals surface area contributed by atoms with Crippen molar-refractivity contribution < 1.29 is 9.59 Å². The Bertz CT molecular complexity index is 466. The van der Waals surface area contributed by atoms with Gasteiger partial charge in [-0.2, -0.15) is 0 Å². The Morgan fingerprint density at radius 2 is 1.81 bits per heavy atom. The van der Waals surface area contributed by atoms with Gasteiger partial charge in [-0.25, -0.2) is 0 Å². The third kappa shape index (κ3) is 6.93. The zero-order valence-corrected chi connectivity index (χ0v) is 13.5. The molecule has 1 rings (SSSR count). The van der Waals surface area contributed by atoms with Crippen LogP contribution in [0.5, 0.6) is 0 Å². The van der Waals surface area contributed by atoms with Crippen molar-refractivity contribution >= 4 is 11.8 Å². The van der Waals surface area contributed by atoms with Gasteiger partial charge in [0.2, 0.25) is 11.8 Å². The molecule has 0 bridgehead atoms. The molecular formula is C17H26N2O2. The summed E-state index contributed by atoms with van der Waals surface area (Å²) in [6.45, 7) is 9.52. The highest BCUT2D eigenvalue weighted by molar-refractivity contribution is 5.78. The highest BCUT2D eigenvalue weighted by Crippen LogP contribution is 2.03. The third-order valence-corrected chi connectivity index (χ3v) is 3.22. The van der Waals surface area contributed by atoms with Gasteiger partial charge in [0.25, 0.3) is 0 Å². The number of hydrogen-bond donors (Lipinski definition) is 1. The number of hydrogen-bond acceptors (Lipinski definition) is 2. The predicted octanol–water partition coefficient (Wildman–Crippen LogP) is 2.16. The Hall–Kier alpha value is -1.84. The van der Waals surface area contributed by atoms with Crippen LogP contribution in [0.25, 0.3) is 0 Å². The maximum absolute atomic E-state index is 11.9. The van der Waals surface area contributed by atoms with Crippen molar-refractivity contribution in [2.24, 2.45) is 5.92 Å². The first kappa shape index (κ1) is 17.2. The normalized spacial score (nSPS) is 10.5. The van der Waals surface area contributed by atoms with E-state index >= 15 is 0 Å². The van der Waals surface area contributed by atoms with E-state index in [0.717, 1.165) is 12.1 Å². The van der Waals surface area contributed by atoms with Crippen LogP contribution < -0.4 is 5.32 Å². The van der Waals surface area contributed by atoms with E-state index in [0.29, 0.717) is 25.4 Å². The van der Waals surface area contributed by atoms with Crippen LogP contribution in [-0.2, 0) is 16.0 Å². The Morgan fingerprint density at radius 1 is 1.19 bits per heavy atom. The Kier molecular flexibility index (Phi) is 6.92. The van der Waals surface area contributed by atoms with E-state index in [-0.39, 0.29) is 11.8 Å². The predicted molar refractivity (Wildman–Crippen MR) is 85.0 cm³/mol. The molecule has 21 heavy (non-hydrogen) atoms. The van der Waals surface area contributed by atoms with Gasteiger partial charge in [-0.1, -0.05) is 43.7 Å². The number of nitrogens with one attached hydrogen (secondary N) is 1. The fourth-order valence-electron chi connectivity index (χ4n) is 2.10. The lowest BCUT2D eigenvalue weighted by Gasteiger charge is -2.23. The van der Waals surface area contributed by atoms with E-state index in [1.165, 1.54) is 5.56 Å². The van der Waals surface area contributed by atoms with Gasteiger partial charge in [0.05, 0.1) is 6.42 Å².